The van der Waals surface area contributed by atoms with Crippen LogP contribution in [0.25, 0.3) is 0 Å². The molecule has 1 aromatic rings. The first kappa shape index (κ1) is 22.0. The highest BCUT2D eigenvalue weighted by Crippen LogP contribution is 2.38. The molecule has 5 heteroatoms. The summed E-state index contributed by atoms with van der Waals surface area (Å²) >= 11 is 0. The smallest absolute Gasteiger partial charge is 0.264 e. The number of benzene rings is 1. The largest absolute Gasteiger partial charge is 0.493 e. The van der Waals surface area contributed by atoms with Crippen LogP contribution in [0.3, 0.4) is 0 Å². The summed E-state index contributed by atoms with van der Waals surface area (Å²) in [6.07, 6.45) is 3.05. The summed E-state index contributed by atoms with van der Waals surface area (Å²) in [5.74, 6) is 0.655. The summed E-state index contributed by atoms with van der Waals surface area (Å²) in [7, 11) is -3.89. The topological polar surface area (TPSA) is 63.6 Å². The van der Waals surface area contributed by atoms with Gasteiger partial charge in [0, 0.05) is 5.56 Å². The molecule has 144 valence electrons. The highest BCUT2D eigenvalue weighted by atomic mass is 32.2. The van der Waals surface area contributed by atoms with E-state index in [-0.39, 0.29) is 16.6 Å². The molecule has 0 saturated carbocycles. The zero-order valence-corrected chi connectivity index (χ0v) is 17.4. The maximum Gasteiger partial charge on any atom is 0.264 e. The van der Waals surface area contributed by atoms with Crippen LogP contribution in [0.5, 0.6) is 5.75 Å². The molecule has 0 heterocycles. The monoisotopic (exact) mass is 370 g/mol. The van der Waals surface area contributed by atoms with Gasteiger partial charge in [-0.15, -0.1) is 0 Å². The number of ether oxygens (including phenoxy) is 1. The molecule has 0 unspecified atom stereocenters. The molecule has 0 fully saturated rings. The molecule has 0 amide bonds. The molecule has 0 aliphatic rings. The van der Waals surface area contributed by atoms with E-state index in [1.807, 2.05) is 6.07 Å². The Hall–Kier alpha value is -1.07. The third-order valence-corrected chi connectivity index (χ3v) is 6.12. The van der Waals surface area contributed by atoms with Gasteiger partial charge >= 0.3 is 0 Å². The van der Waals surface area contributed by atoms with Gasteiger partial charge in [-0.25, -0.2) is 0 Å². The molecule has 0 bridgehead atoms. The Kier molecular flexibility index (Phi) is 7.51. The normalized spacial score (nSPS) is 13.1. The zero-order chi connectivity index (χ0) is 19.3. The standard InChI is InChI=1S/C20H34O4S/c1-7-19(3,4)16-11-12-18(17(15-16)20(5,6)8-2)24-13-9-10-14-25(21,22)23/h11-12,15H,7-10,13-14H2,1-6H3,(H,21,22,23). The van der Waals surface area contributed by atoms with Gasteiger partial charge in [-0.2, -0.15) is 8.42 Å². The lowest BCUT2D eigenvalue weighted by atomic mass is 9.76. The van der Waals surface area contributed by atoms with Crippen LogP contribution < -0.4 is 4.74 Å². The Bertz CT molecular complexity index is 660. The Morgan fingerprint density at radius 3 is 2.12 bits per heavy atom. The van der Waals surface area contributed by atoms with Gasteiger partial charge in [0.25, 0.3) is 10.1 Å². The Morgan fingerprint density at radius 1 is 1.00 bits per heavy atom. The molecule has 0 saturated heterocycles. The van der Waals surface area contributed by atoms with Crippen molar-refractivity contribution in [1.29, 1.82) is 0 Å². The fraction of sp³-hybridized carbons (Fsp3) is 0.700. The summed E-state index contributed by atoms with van der Waals surface area (Å²) in [4.78, 5) is 0. The number of hydrogen-bond acceptors (Lipinski definition) is 3. The van der Waals surface area contributed by atoms with Gasteiger partial charge in [0.15, 0.2) is 0 Å². The Labute approximate surface area is 153 Å². The van der Waals surface area contributed by atoms with Gasteiger partial charge in [0.2, 0.25) is 0 Å². The molecule has 1 N–H and O–H groups in total. The van der Waals surface area contributed by atoms with Crippen LogP contribution in [0, 0.1) is 0 Å². The van der Waals surface area contributed by atoms with Gasteiger partial charge in [-0.1, -0.05) is 53.7 Å². The van der Waals surface area contributed by atoms with E-state index in [4.69, 9.17) is 9.29 Å². The fourth-order valence-corrected chi connectivity index (χ4v) is 3.14. The predicted octanol–water partition coefficient (Wildman–Crippen LogP) is 5.11. The van der Waals surface area contributed by atoms with Gasteiger partial charge in [-0.3, -0.25) is 4.55 Å². The maximum atomic E-state index is 10.8. The van der Waals surface area contributed by atoms with E-state index in [1.165, 1.54) is 11.1 Å². The first-order chi connectivity index (χ1) is 11.4. The van der Waals surface area contributed by atoms with Crippen molar-refractivity contribution in [3.8, 4) is 5.75 Å². The van der Waals surface area contributed by atoms with Crippen LogP contribution >= 0.6 is 0 Å². The third kappa shape index (κ3) is 6.63. The van der Waals surface area contributed by atoms with Crippen LogP contribution in [-0.2, 0) is 20.9 Å². The molecule has 0 radical (unpaired) electrons. The van der Waals surface area contributed by atoms with Crippen LogP contribution in [0.15, 0.2) is 18.2 Å². The van der Waals surface area contributed by atoms with E-state index in [2.05, 4.69) is 53.7 Å². The van der Waals surface area contributed by atoms with Crippen molar-refractivity contribution in [3.05, 3.63) is 29.3 Å². The van der Waals surface area contributed by atoms with Gasteiger partial charge in [0.05, 0.1) is 12.4 Å². The second-order valence-corrected chi connectivity index (χ2v) is 9.60. The number of unbranched alkanes of at least 4 members (excludes halogenated alkanes) is 1. The van der Waals surface area contributed by atoms with Crippen LogP contribution in [0.4, 0.5) is 0 Å². The first-order valence-electron chi connectivity index (χ1n) is 9.16. The van der Waals surface area contributed by atoms with Gasteiger partial charge in [-0.05, 0) is 48.1 Å². The fourth-order valence-electron chi connectivity index (χ4n) is 2.57. The highest BCUT2D eigenvalue weighted by molar-refractivity contribution is 7.85. The number of hydrogen-bond donors (Lipinski definition) is 1. The van der Waals surface area contributed by atoms with Crippen LogP contribution in [-0.4, -0.2) is 25.3 Å². The SMILES string of the molecule is CCC(C)(C)c1ccc(OCCCCS(=O)(=O)O)c(C(C)(C)CC)c1. The summed E-state index contributed by atoms with van der Waals surface area (Å²) in [5.41, 5.74) is 2.63. The molecule has 1 aromatic carbocycles. The maximum absolute atomic E-state index is 10.8. The number of rotatable bonds is 10. The summed E-state index contributed by atoms with van der Waals surface area (Å²) in [6.45, 7) is 13.8. The molecule has 0 aliphatic carbocycles. The van der Waals surface area contributed by atoms with E-state index >= 15 is 0 Å². The second kappa shape index (κ2) is 8.54. The molecule has 4 nitrogen and oxygen atoms in total. The summed E-state index contributed by atoms with van der Waals surface area (Å²) in [6, 6.07) is 6.44. The van der Waals surface area contributed by atoms with Crippen molar-refractivity contribution in [2.24, 2.45) is 0 Å². The zero-order valence-electron chi connectivity index (χ0n) is 16.6. The van der Waals surface area contributed by atoms with Crippen molar-refractivity contribution >= 4 is 10.1 Å². The Balaban J connectivity index is 2.95. The lowest BCUT2D eigenvalue weighted by Gasteiger charge is -2.30. The van der Waals surface area contributed by atoms with Crippen molar-refractivity contribution < 1.29 is 17.7 Å². The second-order valence-electron chi connectivity index (χ2n) is 8.03. The van der Waals surface area contributed by atoms with Gasteiger partial charge in [0.1, 0.15) is 5.75 Å². The van der Waals surface area contributed by atoms with Crippen LogP contribution in [0.1, 0.15) is 78.4 Å². The quantitative estimate of drug-likeness (QED) is 0.459. The van der Waals surface area contributed by atoms with Crippen molar-refractivity contribution in [1.82, 2.24) is 0 Å². The van der Waals surface area contributed by atoms with E-state index < -0.39 is 10.1 Å². The first-order valence-corrected chi connectivity index (χ1v) is 10.8. The average molecular weight is 371 g/mol. The highest BCUT2D eigenvalue weighted by Gasteiger charge is 2.26. The lowest BCUT2D eigenvalue weighted by Crippen LogP contribution is -2.21. The third-order valence-electron chi connectivity index (χ3n) is 5.31. The lowest BCUT2D eigenvalue weighted by molar-refractivity contribution is 0.298. The van der Waals surface area contributed by atoms with Crippen LogP contribution in [0.2, 0.25) is 0 Å². The minimum Gasteiger partial charge on any atom is -0.493 e. The minimum atomic E-state index is -3.89. The molecule has 0 atom stereocenters. The van der Waals surface area contributed by atoms with Crippen molar-refractivity contribution in [2.45, 2.75) is 78.1 Å². The summed E-state index contributed by atoms with van der Waals surface area (Å²) < 4.78 is 36.3. The molecule has 0 aliphatic heterocycles. The molecule has 0 spiro atoms. The minimum absolute atomic E-state index is 0.00357. The predicted molar refractivity (Wildman–Crippen MR) is 104 cm³/mol. The molecule has 1 rings (SSSR count). The summed E-state index contributed by atoms with van der Waals surface area (Å²) in [5, 5.41) is 0. The molecule has 25 heavy (non-hydrogen) atoms. The molecule has 0 aromatic heterocycles. The molecular weight excluding hydrogens is 336 g/mol. The average Bonchev–Trinajstić information content (AvgIpc) is 2.53. The Morgan fingerprint density at radius 2 is 1.60 bits per heavy atom. The van der Waals surface area contributed by atoms with E-state index in [0.717, 1.165) is 18.6 Å². The van der Waals surface area contributed by atoms with E-state index in [0.29, 0.717) is 19.4 Å². The van der Waals surface area contributed by atoms with Crippen molar-refractivity contribution in [2.75, 3.05) is 12.4 Å². The van der Waals surface area contributed by atoms with Crippen molar-refractivity contribution in [3.63, 3.8) is 0 Å². The van der Waals surface area contributed by atoms with E-state index in [1.54, 1.807) is 0 Å². The van der Waals surface area contributed by atoms with Gasteiger partial charge < -0.3 is 4.74 Å². The molecular formula is C20H34O4S. The van der Waals surface area contributed by atoms with E-state index in [9.17, 15) is 8.42 Å².